The molecule has 3 rings (SSSR count). The molecule has 17 heavy (non-hydrogen) atoms. The molecule has 5 heteroatoms. The summed E-state index contributed by atoms with van der Waals surface area (Å²) in [5.74, 6) is 0.673. The Balaban J connectivity index is 1.86. The topological polar surface area (TPSA) is 39.9 Å². The maximum absolute atomic E-state index is 5.38. The monoisotopic (exact) mass is 343 g/mol. The van der Waals surface area contributed by atoms with Crippen molar-refractivity contribution in [3.63, 3.8) is 0 Å². The van der Waals surface area contributed by atoms with Crippen molar-refractivity contribution in [2.24, 2.45) is 5.92 Å². The van der Waals surface area contributed by atoms with Crippen molar-refractivity contribution in [3.8, 4) is 0 Å². The van der Waals surface area contributed by atoms with E-state index < -0.39 is 0 Å². The maximum atomic E-state index is 5.38. The largest absolute Gasteiger partial charge is 0.381 e. The van der Waals surface area contributed by atoms with Crippen LogP contribution in [0.2, 0.25) is 0 Å². The summed E-state index contributed by atoms with van der Waals surface area (Å²) in [6.07, 6.45) is 2.26. The van der Waals surface area contributed by atoms with E-state index in [0.29, 0.717) is 5.92 Å². The minimum Gasteiger partial charge on any atom is -0.381 e. The second-order valence-corrected chi connectivity index (χ2v) is 5.71. The van der Waals surface area contributed by atoms with Gasteiger partial charge in [0.05, 0.1) is 5.52 Å². The highest BCUT2D eigenvalue weighted by molar-refractivity contribution is 14.1. The van der Waals surface area contributed by atoms with Gasteiger partial charge in [-0.15, -0.1) is 5.10 Å². The van der Waals surface area contributed by atoms with Crippen LogP contribution in [-0.2, 0) is 11.3 Å². The average molecular weight is 343 g/mol. The fraction of sp³-hybridized carbons (Fsp3) is 0.500. The van der Waals surface area contributed by atoms with Crippen molar-refractivity contribution in [1.29, 1.82) is 0 Å². The zero-order valence-corrected chi connectivity index (χ0v) is 11.6. The first-order valence-electron chi connectivity index (χ1n) is 5.89. The van der Waals surface area contributed by atoms with Crippen LogP contribution in [0.3, 0.4) is 0 Å². The predicted octanol–water partition coefficient (Wildman–Crippen LogP) is 2.46. The van der Waals surface area contributed by atoms with Crippen molar-refractivity contribution in [1.82, 2.24) is 15.0 Å². The summed E-state index contributed by atoms with van der Waals surface area (Å²) in [7, 11) is 0. The van der Waals surface area contributed by atoms with Gasteiger partial charge in [0.25, 0.3) is 0 Å². The van der Waals surface area contributed by atoms with Gasteiger partial charge < -0.3 is 4.74 Å². The van der Waals surface area contributed by atoms with E-state index in [4.69, 9.17) is 4.74 Å². The lowest BCUT2D eigenvalue weighted by Crippen LogP contribution is -2.20. The first-order chi connectivity index (χ1) is 8.33. The molecule has 0 amide bonds. The molecule has 0 spiro atoms. The van der Waals surface area contributed by atoms with Crippen molar-refractivity contribution >= 4 is 33.6 Å². The van der Waals surface area contributed by atoms with E-state index in [1.165, 1.54) is 3.57 Å². The molecule has 0 bridgehead atoms. The van der Waals surface area contributed by atoms with Gasteiger partial charge in [0.1, 0.15) is 5.52 Å². The summed E-state index contributed by atoms with van der Waals surface area (Å²) in [6, 6.07) is 6.25. The molecule has 0 unspecified atom stereocenters. The van der Waals surface area contributed by atoms with Gasteiger partial charge in [0.15, 0.2) is 0 Å². The lowest BCUT2D eigenvalue weighted by molar-refractivity contribution is 0.0604. The smallest absolute Gasteiger partial charge is 0.113 e. The van der Waals surface area contributed by atoms with Gasteiger partial charge in [0, 0.05) is 23.3 Å². The molecular weight excluding hydrogens is 329 g/mol. The molecule has 4 nitrogen and oxygen atoms in total. The Bertz CT molecular complexity index is 519. The molecule has 1 aliphatic rings. The molecule has 0 aliphatic carbocycles. The standard InChI is InChI=1S/C12H14IN3O/c13-10-1-2-11-12(7-10)16(15-14-11)8-9-3-5-17-6-4-9/h1-2,7,9H,3-6,8H2. The zero-order chi connectivity index (χ0) is 11.7. The lowest BCUT2D eigenvalue weighted by Gasteiger charge is -2.21. The van der Waals surface area contributed by atoms with Gasteiger partial charge >= 0.3 is 0 Å². The predicted molar refractivity (Wildman–Crippen MR) is 73.8 cm³/mol. The Morgan fingerprint density at radius 1 is 1.35 bits per heavy atom. The third-order valence-corrected chi connectivity index (χ3v) is 3.92. The van der Waals surface area contributed by atoms with Crippen LogP contribution in [0.25, 0.3) is 11.0 Å². The molecule has 0 saturated carbocycles. The highest BCUT2D eigenvalue weighted by Crippen LogP contribution is 2.20. The molecule has 1 fully saturated rings. The second kappa shape index (κ2) is 4.89. The number of hydrogen-bond acceptors (Lipinski definition) is 3. The number of ether oxygens (including phenoxy) is 1. The Morgan fingerprint density at radius 3 is 3.00 bits per heavy atom. The zero-order valence-electron chi connectivity index (χ0n) is 9.47. The molecule has 2 aromatic rings. The Kier molecular flexibility index (Phi) is 3.28. The molecular formula is C12H14IN3O. The first-order valence-corrected chi connectivity index (χ1v) is 6.97. The summed E-state index contributed by atoms with van der Waals surface area (Å²) >= 11 is 2.32. The van der Waals surface area contributed by atoms with E-state index in [0.717, 1.165) is 43.6 Å². The van der Waals surface area contributed by atoms with Gasteiger partial charge in [0.2, 0.25) is 0 Å². The third kappa shape index (κ3) is 2.44. The number of benzene rings is 1. The molecule has 90 valence electrons. The summed E-state index contributed by atoms with van der Waals surface area (Å²) in [6.45, 7) is 2.73. The number of rotatable bonds is 2. The third-order valence-electron chi connectivity index (χ3n) is 3.25. The van der Waals surface area contributed by atoms with Crippen molar-refractivity contribution < 1.29 is 4.74 Å². The average Bonchev–Trinajstić information content (AvgIpc) is 2.73. The first kappa shape index (κ1) is 11.4. The minimum absolute atomic E-state index is 0.673. The Labute approximate surface area is 113 Å². The van der Waals surface area contributed by atoms with Crippen LogP contribution < -0.4 is 0 Å². The molecule has 1 saturated heterocycles. The van der Waals surface area contributed by atoms with Crippen molar-refractivity contribution in [3.05, 3.63) is 21.8 Å². The van der Waals surface area contributed by atoms with Crippen LogP contribution in [-0.4, -0.2) is 28.2 Å². The Morgan fingerprint density at radius 2 is 2.18 bits per heavy atom. The van der Waals surface area contributed by atoms with E-state index in [9.17, 15) is 0 Å². The number of halogens is 1. The highest BCUT2D eigenvalue weighted by Gasteiger charge is 2.16. The minimum atomic E-state index is 0.673. The van der Waals surface area contributed by atoms with E-state index >= 15 is 0 Å². The van der Waals surface area contributed by atoms with Gasteiger partial charge in [-0.25, -0.2) is 4.68 Å². The molecule has 1 aliphatic heterocycles. The van der Waals surface area contributed by atoms with Gasteiger partial charge in [-0.1, -0.05) is 5.21 Å². The summed E-state index contributed by atoms with van der Waals surface area (Å²) in [5.41, 5.74) is 2.13. The summed E-state index contributed by atoms with van der Waals surface area (Å²) < 4.78 is 8.64. The number of fused-ring (bicyclic) bond motifs is 1. The van der Waals surface area contributed by atoms with Gasteiger partial charge in [-0.3, -0.25) is 0 Å². The second-order valence-electron chi connectivity index (χ2n) is 4.46. The van der Waals surface area contributed by atoms with E-state index in [1.807, 2.05) is 10.7 Å². The van der Waals surface area contributed by atoms with Crippen molar-refractivity contribution in [2.75, 3.05) is 13.2 Å². The number of hydrogen-bond donors (Lipinski definition) is 0. The summed E-state index contributed by atoms with van der Waals surface area (Å²) in [5, 5.41) is 8.46. The van der Waals surface area contributed by atoms with Crippen LogP contribution in [0.1, 0.15) is 12.8 Å². The van der Waals surface area contributed by atoms with Gasteiger partial charge in [-0.2, -0.15) is 0 Å². The van der Waals surface area contributed by atoms with E-state index in [-0.39, 0.29) is 0 Å². The molecule has 0 radical (unpaired) electrons. The molecule has 0 N–H and O–H groups in total. The van der Waals surface area contributed by atoms with Crippen LogP contribution in [0.15, 0.2) is 18.2 Å². The van der Waals surface area contributed by atoms with Crippen LogP contribution in [0.5, 0.6) is 0 Å². The lowest BCUT2D eigenvalue weighted by atomic mass is 10.0. The van der Waals surface area contributed by atoms with Crippen LogP contribution in [0.4, 0.5) is 0 Å². The maximum Gasteiger partial charge on any atom is 0.113 e. The molecule has 1 aromatic carbocycles. The fourth-order valence-electron chi connectivity index (χ4n) is 2.25. The number of nitrogens with zero attached hydrogens (tertiary/aromatic N) is 3. The quantitative estimate of drug-likeness (QED) is 0.787. The van der Waals surface area contributed by atoms with E-state index in [1.54, 1.807) is 0 Å². The SMILES string of the molecule is Ic1ccc2nnn(CC3CCOCC3)c2c1. The van der Waals surface area contributed by atoms with Crippen LogP contribution in [0, 0.1) is 9.49 Å². The molecule has 0 atom stereocenters. The van der Waals surface area contributed by atoms with Crippen molar-refractivity contribution in [2.45, 2.75) is 19.4 Å². The molecule has 2 heterocycles. The number of aromatic nitrogens is 3. The van der Waals surface area contributed by atoms with E-state index in [2.05, 4.69) is 45.0 Å². The van der Waals surface area contributed by atoms with Crippen LogP contribution >= 0.6 is 22.6 Å². The highest BCUT2D eigenvalue weighted by atomic mass is 127. The summed E-state index contributed by atoms with van der Waals surface area (Å²) in [4.78, 5) is 0. The molecule has 1 aromatic heterocycles. The Hall–Kier alpha value is -0.690. The fourth-order valence-corrected chi connectivity index (χ4v) is 2.72. The normalized spacial score (nSPS) is 17.7. The van der Waals surface area contributed by atoms with Gasteiger partial charge in [-0.05, 0) is 59.5 Å².